The van der Waals surface area contributed by atoms with Gasteiger partial charge in [-0.25, -0.2) is 0 Å². The summed E-state index contributed by atoms with van der Waals surface area (Å²) in [6.45, 7) is 0.284. The number of carbonyl (C=O) groups excluding carboxylic acids is 2. The second-order valence-electron chi connectivity index (χ2n) is 3.85. The third kappa shape index (κ3) is 2.21. The van der Waals surface area contributed by atoms with Gasteiger partial charge in [0.15, 0.2) is 0 Å². The molecule has 0 bridgehead atoms. The van der Waals surface area contributed by atoms with Crippen LogP contribution < -0.4 is 16.4 Å². The van der Waals surface area contributed by atoms with Gasteiger partial charge in [0.05, 0.1) is 6.04 Å². The van der Waals surface area contributed by atoms with Crippen molar-refractivity contribution >= 4 is 11.8 Å². The molecule has 1 aromatic rings. The molecule has 1 fully saturated rings. The fourth-order valence-electron chi connectivity index (χ4n) is 1.64. The maximum atomic E-state index is 11.8. The van der Waals surface area contributed by atoms with Crippen LogP contribution in [0.5, 0.6) is 5.75 Å². The molecule has 0 spiro atoms. The summed E-state index contributed by atoms with van der Waals surface area (Å²) in [4.78, 5) is 23.0. The van der Waals surface area contributed by atoms with Crippen molar-refractivity contribution in [1.29, 1.82) is 0 Å². The summed E-state index contributed by atoms with van der Waals surface area (Å²) in [5.74, 6) is -0.501. The van der Waals surface area contributed by atoms with Gasteiger partial charge in [-0.3, -0.25) is 9.59 Å². The lowest BCUT2D eigenvalue weighted by Gasteiger charge is -2.36. The Hall–Kier alpha value is -2.08. The molecule has 90 valence electrons. The highest BCUT2D eigenvalue weighted by Crippen LogP contribution is 2.11. The Balaban J connectivity index is 2.02. The molecule has 0 saturated carbocycles. The molecular weight excluding hydrogens is 222 g/mol. The van der Waals surface area contributed by atoms with Crippen LogP contribution in [0.3, 0.4) is 0 Å². The van der Waals surface area contributed by atoms with Crippen LogP contribution in [0, 0.1) is 0 Å². The van der Waals surface area contributed by atoms with Gasteiger partial charge >= 0.3 is 0 Å². The van der Waals surface area contributed by atoms with Crippen LogP contribution in [-0.2, 0) is 4.79 Å². The first-order valence-electron chi connectivity index (χ1n) is 5.22. The molecule has 1 aliphatic heterocycles. The molecule has 5 N–H and O–H groups in total. The highest BCUT2D eigenvalue weighted by Gasteiger charge is 2.39. The van der Waals surface area contributed by atoms with Crippen molar-refractivity contribution in [3.8, 4) is 5.75 Å². The summed E-state index contributed by atoms with van der Waals surface area (Å²) in [5, 5.41) is 14.3. The molecule has 0 unspecified atom stereocenters. The summed E-state index contributed by atoms with van der Waals surface area (Å²) < 4.78 is 0. The Morgan fingerprint density at radius 3 is 2.59 bits per heavy atom. The summed E-state index contributed by atoms with van der Waals surface area (Å²) in [7, 11) is 0. The van der Waals surface area contributed by atoms with Crippen LogP contribution in [0.15, 0.2) is 24.3 Å². The maximum absolute atomic E-state index is 11.8. The molecule has 2 rings (SSSR count). The van der Waals surface area contributed by atoms with Gasteiger partial charge in [0.2, 0.25) is 5.91 Å². The van der Waals surface area contributed by atoms with E-state index >= 15 is 0 Å². The van der Waals surface area contributed by atoms with E-state index in [9.17, 15) is 9.59 Å². The van der Waals surface area contributed by atoms with Crippen molar-refractivity contribution in [3.63, 3.8) is 0 Å². The summed E-state index contributed by atoms with van der Waals surface area (Å²) in [6, 6.07) is 5.02. The molecule has 6 heteroatoms. The Bertz CT molecular complexity index is 444. The van der Waals surface area contributed by atoms with Crippen LogP contribution in [0.2, 0.25) is 0 Å². The van der Waals surface area contributed by atoms with Crippen LogP contribution >= 0.6 is 0 Å². The number of rotatable bonds is 3. The third-order valence-corrected chi connectivity index (χ3v) is 2.68. The predicted octanol–water partition coefficient (Wildman–Crippen LogP) is -1.05. The first-order valence-corrected chi connectivity index (χ1v) is 5.22. The second-order valence-corrected chi connectivity index (χ2v) is 3.85. The molecule has 0 aromatic heterocycles. The number of carbonyl (C=O) groups is 2. The van der Waals surface area contributed by atoms with Crippen LogP contribution in [0.4, 0.5) is 0 Å². The average molecular weight is 235 g/mol. The van der Waals surface area contributed by atoms with Crippen LogP contribution in [-0.4, -0.2) is 35.5 Å². The molecule has 2 atom stereocenters. The molecule has 1 saturated heterocycles. The van der Waals surface area contributed by atoms with Crippen molar-refractivity contribution in [3.05, 3.63) is 29.8 Å². The highest BCUT2D eigenvalue weighted by molar-refractivity contribution is 5.99. The van der Waals surface area contributed by atoms with E-state index in [2.05, 4.69) is 10.6 Å². The Labute approximate surface area is 97.8 Å². The molecule has 2 amide bonds. The molecule has 1 heterocycles. The van der Waals surface area contributed by atoms with E-state index in [0.717, 1.165) is 0 Å². The van der Waals surface area contributed by atoms with Gasteiger partial charge in [-0.1, -0.05) is 0 Å². The zero-order valence-corrected chi connectivity index (χ0v) is 9.01. The average Bonchev–Trinajstić information content (AvgIpc) is 2.33. The minimum Gasteiger partial charge on any atom is -0.508 e. The van der Waals surface area contributed by atoms with Crippen molar-refractivity contribution in [2.45, 2.75) is 12.1 Å². The largest absolute Gasteiger partial charge is 0.508 e. The topological polar surface area (TPSA) is 104 Å². The van der Waals surface area contributed by atoms with Crippen LogP contribution in [0.1, 0.15) is 10.4 Å². The molecule has 1 aliphatic rings. The van der Waals surface area contributed by atoms with Gasteiger partial charge in [-0.15, -0.1) is 0 Å². The minimum absolute atomic E-state index is 0.0859. The highest BCUT2D eigenvalue weighted by atomic mass is 16.3. The molecular formula is C11H13N3O3. The number of amides is 2. The van der Waals surface area contributed by atoms with Gasteiger partial charge in [0.1, 0.15) is 11.8 Å². The standard InChI is InChI=1S/C11H13N3O3/c12-5-8-9(11(17)13-8)14-10(16)6-1-3-7(15)4-2-6/h1-4,8-9,15H,5,12H2,(H,13,17)(H,14,16)/t8-,9+/m1/s1. The lowest BCUT2D eigenvalue weighted by molar-refractivity contribution is -0.131. The van der Waals surface area contributed by atoms with E-state index in [0.29, 0.717) is 5.56 Å². The number of hydrogen-bond acceptors (Lipinski definition) is 4. The number of phenols is 1. The fraction of sp³-hybridized carbons (Fsp3) is 0.273. The zero-order valence-electron chi connectivity index (χ0n) is 9.01. The monoisotopic (exact) mass is 235 g/mol. The summed E-state index contributed by atoms with van der Waals surface area (Å²) in [6.07, 6.45) is 0. The first kappa shape index (κ1) is 11.4. The minimum atomic E-state index is -0.568. The molecule has 0 radical (unpaired) electrons. The second kappa shape index (κ2) is 4.42. The Morgan fingerprint density at radius 2 is 2.06 bits per heavy atom. The molecule has 6 nitrogen and oxygen atoms in total. The zero-order chi connectivity index (χ0) is 12.4. The lowest BCUT2D eigenvalue weighted by Crippen LogP contribution is -2.71. The van der Waals surface area contributed by atoms with Crippen molar-refractivity contribution in [2.24, 2.45) is 5.73 Å². The van der Waals surface area contributed by atoms with Gasteiger partial charge in [0, 0.05) is 12.1 Å². The maximum Gasteiger partial charge on any atom is 0.251 e. The number of nitrogens with two attached hydrogens (primary N) is 1. The predicted molar refractivity (Wildman–Crippen MR) is 60.3 cm³/mol. The Kier molecular flexibility index (Phi) is 2.97. The fourth-order valence-corrected chi connectivity index (χ4v) is 1.64. The van der Waals surface area contributed by atoms with E-state index < -0.39 is 6.04 Å². The van der Waals surface area contributed by atoms with E-state index in [1.165, 1.54) is 24.3 Å². The number of phenolic OH excluding ortho intramolecular Hbond substituents is 1. The van der Waals surface area contributed by atoms with Crippen molar-refractivity contribution in [1.82, 2.24) is 10.6 Å². The third-order valence-electron chi connectivity index (χ3n) is 2.68. The number of benzene rings is 1. The summed E-state index contributed by atoms with van der Waals surface area (Å²) >= 11 is 0. The normalized spacial score (nSPS) is 22.5. The van der Waals surface area contributed by atoms with Crippen LogP contribution in [0.25, 0.3) is 0 Å². The van der Waals surface area contributed by atoms with E-state index in [-0.39, 0.29) is 30.2 Å². The Morgan fingerprint density at radius 1 is 1.41 bits per heavy atom. The van der Waals surface area contributed by atoms with E-state index in [1.54, 1.807) is 0 Å². The SMILES string of the molecule is NC[C@H]1NC(=O)[C@H]1NC(=O)c1ccc(O)cc1. The molecule has 0 aliphatic carbocycles. The van der Waals surface area contributed by atoms with E-state index in [4.69, 9.17) is 10.8 Å². The molecule has 17 heavy (non-hydrogen) atoms. The van der Waals surface area contributed by atoms with Gasteiger partial charge in [0.25, 0.3) is 5.91 Å². The van der Waals surface area contributed by atoms with Crippen molar-refractivity contribution in [2.75, 3.05) is 6.54 Å². The van der Waals surface area contributed by atoms with Gasteiger partial charge in [-0.05, 0) is 24.3 Å². The number of β-lactam (4-membered cyclic amide) rings is 1. The first-order chi connectivity index (χ1) is 8.11. The number of nitrogens with one attached hydrogen (secondary N) is 2. The molecule has 1 aromatic carbocycles. The quantitative estimate of drug-likeness (QED) is 0.502. The van der Waals surface area contributed by atoms with Gasteiger partial charge < -0.3 is 21.5 Å². The van der Waals surface area contributed by atoms with Gasteiger partial charge in [-0.2, -0.15) is 0 Å². The lowest BCUT2D eigenvalue weighted by atomic mass is 9.98. The van der Waals surface area contributed by atoms with Crippen molar-refractivity contribution < 1.29 is 14.7 Å². The number of hydrogen-bond donors (Lipinski definition) is 4. The smallest absolute Gasteiger partial charge is 0.251 e. The summed E-state index contributed by atoms with van der Waals surface area (Å²) in [5.41, 5.74) is 5.81. The van der Waals surface area contributed by atoms with E-state index in [1.807, 2.05) is 0 Å². The number of aromatic hydroxyl groups is 1.